The number of para-hydroxylation sites is 1. The van der Waals surface area contributed by atoms with Crippen LogP contribution in [0.2, 0.25) is 0 Å². The van der Waals surface area contributed by atoms with E-state index in [1.165, 1.54) is 25.5 Å². The number of thiophene rings is 2. The summed E-state index contributed by atoms with van der Waals surface area (Å²) in [5, 5.41) is 7.75. The first-order valence-corrected chi connectivity index (χ1v) is 8.48. The summed E-state index contributed by atoms with van der Waals surface area (Å²) in [5.41, 5.74) is 2.45. The van der Waals surface area contributed by atoms with Gasteiger partial charge in [-0.15, -0.1) is 22.7 Å². The van der Waals surface area contributed by atoms with E-state index in [0.717, 1.165) is 6.54 Å². The van der Waals surface area contributed by atoms with Gasteiger partial charge in [0.15, 0.2) is 0 Å². The summed E-state index contributed by atoms with van der Waals surface area (Å²) in [6.45, 7) is 0.848. The third kappa shape index (κ3) is 2.91. The normalized spacial score (nSPS) is 10.6. The van der Waals surface area contributed by atoms with E-state index in [1.54, 1.807) is 22.7 Å². The Hall–Kier alpha value is -1.10. The summed E-state index contributed by atoms with van der Waals surface area (Å²) in [6, 6.07) is 14.8. The Balaban J connectivity index is 1.84. The molecule has 0 fully saturated rings. The number of halogens is 1. The molecule has 4 heteroatoms. The lowest BCUT2D eigenvalue weighted by atomic mass is 10.1. The van der Waals surface area contributed by atoms with Crippen LogP contribution in [0.3, 0.4) is 0 Å². The zero-order valence-corrected chi connectivity index (χ0v) is 13.3. The molecule has 0 amide bonds. The molecule has 0 aliphatic carbocycles. The van der Waals surface area contributed by atoms with Crippen LogP contribution in [0.25, 0.3) is 10.4 Å². The maximum Gasteiger partial charge on any atom is 0.0505 e. The molecule has 96 valence electrons. The number of nitrogens with one attached hydrogen (secondary N) is 1. The van der Waals surface area contributed by atoms with Gasteiger partial charge in [-0.25, -0.2) is 0 Å². The van der Waals surface area contributed by atoms with Crippen molar-refractivity contribution in [1.82, 2.24) is 0 Å². The van der Waals surface area contributed by atoms with E-state index < -0.39 is 0 Å². The van der Waals surface area contributed by atoms with Crippen LogP contribution in [-0.2, 0) is 6.54 Å². The number of hydrogen-bond donors (Lipinski definition) is 1. The van der Waals surface area contributed by atoms with Gasteiger partial charge in [0.1, 0.15) is 0 Å². The van der Waals surface area contributed by atoms with E-state index in [4.69, 9.17) is 0 Å². The maximum atomic E-state index is 3.57. The van der Waals surface area contributed by atoms with Gasteiger partial charge in [0, 0.05) is 25.5 Å². The van der Waals surface area contributed by atoms with Crippen LogP contribution in [0.15, 0.2) is 57.7 Å². The van der Waals surface area contributed by atoms with Gasteiger partial charge in [0.25, 0.3) is 0 Å². The second-order valence-corrected chi connectivity index (χ2v) is 6.87. The van der Waals surface area contributed by atoms with Crippen molar-refractivity contribution in [2.45, 2.75) is 6.54 Å². The molecule has 0 atom stereocenters. The zero-order valence-electron chi connectivity index (χ0n) is 10.1. The number of hydrogen-bond acceptors (Lipinski definition) is 3. The Labute approximate surface area is 129 Å². The Morgan fingerprint density at radius 2 is 1.84 bits per heavy atom. The highest BCUT2D eigenvalue weighted by molar-refractivity contribution is 9.10. The second-order valence-electron chi connectivity index (χ2n) is 4.07. The fraction of sp³-hybridized carbons (Fsp3) is 0.0667. The van der Waals surface area contributed by atoms with Crippen LogP contribution in [0.5, 0.6) is 0 Å². The summed E-state index contributed by atoms with van der Waals surface area (Å²) >= 11 is 7.10. The smallest absolute Gasteiger partial charge is 0.0505 e. The summed E-state index contributed by atoms with van der Waals surface area (Å²) in [6.07, 6.45) is 0. The predicted molar refractivity (Wildman–Crippen MR) is 89.1 cm³/mol. The zero-order chi connectivity index (χ0) is 13.1. The van der Waals surface area contributed by atoms with E-state index in [0.29, 0.717) is 0 Å². The molecule has 0 unspecified atom stereocenters. The van der Waals surface area contributed by atoms with Crippen LogP contribution >= 0.6 is 38.6 Å². The Bertz CT molecular complexity index is 658. The average molecular weight is 350 g/mol. The number of anilines is 1. The minimum atomic E-state index is 0.848. The van der Waals surface area contributed by atoms with Crippen molar-refractivity contribution in [3.8, 4) is 10.4 Å². The molecule has 3 rings (SSSR count). The third-order valence-corrected chi connectivity index (χ3v) is 5.67. The van der Waals surface area contributed by atoms with Crippen molar-refractivity contribution in [1.29, 1.82) is 0 Å². The van der Waals surface area contributed by atoms with Crippen molar-refractivity contribution in [2.24, 2.45) is 0 Å². The van der Waals surface area contributed by atoms with Gasteiger partial charge in [-0.3, -0.25) is 0 Å². The SMILES string of the molecule is Brc1ccsc1CNc1ccccc1-c1cccs1. The van der Waals surface area contributed by atoms with Crippen LogP contribution in [0.1, 0.15) is 4.88 Å². The molecule has 19 heavy (non-hydrogen) atoms. The largest absolute Gasteiger partial charge is 0.380 e. The molecule has 3 aromatic rings. The molecule has 2 heterocycles. The molecule has 0 spiro atoms. The topological polar surface area (TPSA) is 12.0 Å². The molecule has 0 bridgehead atoms. The maximum absolute atomic E-state index is 3.57. The first-order valence-electron chi connectivity index (χ1n) is 5.93. The average Bonchev–Trinajstić information content (AvgIpc) is 3.08. The lowest BCUT2D eigenvalue weighted by Gasteiger charge is -2.10. The summed E-state index contributed by atoms with van der Waals surface area (Å²) in [4.78, 5) is 2.62. The minimum Gasteiger partial charge on any atom is -0.380 e. The molecule has 0 aliphatic heterocycles. The highest BCUT2D eigenvalue weighted by atomic mass is 79.9. The summed E-state index contributed by atoms with van der Waals surface area (Å²) < 4.78 is 1.18. The lowest BCUT2D eigenvalue weighted by Crippen LogP contribution is -1.99. The molecule has 0 saturated heterocycles. The highest BCUT2D eigenvalue weighted by Gasteiger charge is 2.06. The van der Waals surface area contributed by atoms with Crippen LogP contribution < -0.4 is 5.32 Å². The quantitative estimate of drug-likeness (QED) is 0.622. The first-order chi connectivity index (χ1) is 9.34. The van der Waals surface area contributed by atoms with Gasteiger partial charge in [-0.05, 0) is 44.9 Å². The van der Waals surface area contributed by atoms with E-state index >= 15 is 0 Å². The standard InChI is InChI=1S/C15H12BrNS2/c16-12-7-9-19-15(12)10-17-13-5-2-1-4-11(13)14-6-3-8-18-14/h1-9,17H,10H2. The third-order valence-electron chi connectivity index (χ3n) is 2.84. The van der Waals surface area contributed by atoms with Gasteiger partial charge in [-0.1, -0.05) is 24.3 Å². The molecule has 0 radical (unpaired) electrons. The van der Waals surface area contributed by atoms with E-state index in [1.807, 2.05) is 0 Å². The molecule has 0 aliphatic rings. The molecule has 0 saturated carbocycles. The minimum absolute atomic E-state index is 0.848. The van der Waals surface area contributed by atoms with Crippen molar-refractivity contribution in [3.05, 3.63) is 62.6 Å². The molecule has 1 N–H and O–H groups in total. The van der Waals surface area contributed by atoms with Gasteiger partial charge < -0.3 is 5.32 Å². The molecular formula is C15H12BrNS2. The monoisotopic (exact) mass is 349 g/mol. The van der Waals surface area contributed by atoms with Crippen LogP contribution in [-0.4, -0.2) is 0 Å². The number of benzene rings is 1. The Kier molecular flexibility index (Phi) is 4.01. The van der Waals surface area contributed by atoms with Crippen molar-refractivity contribution in [3.63, 3.8) is 0 Å². The molecule has 1 nitrogen and oxygen atoms in total. The molecule has 1 aromatic carbocycles. The fourth-order valence-electron chi connectivity index (χ4n) is 1.91. The van der Waals surface area contributed by atoms with Gasteiger partial charge in [0.05, 0.1) is 6.54 Å². The second kappa shape index (κ2) is 5.90. The van der Waals surface area contributed by atoms with Crippen molar-refractivity contribution < 1.29 is 0 Å². The van der Waals surface area contributed by atoms with Gasteiger partial charge >= 0.3 is 0 Å². The summed E-state index contributed by atoms with van der Waals surface area (Å²) in [7, 11) is 0. The Morgan fingerprint density at radius 3 is 2.58 bits per heavy atom. The van der Waals surface area contributed by atoms with E-state index in [9.17, 15) is 0 Å². The van der Waals surface area contributed by atoms with Crippen molar-refractivity contribution in [2.75, 3.05) is 5.32 Å². The van der Waals surface area contributed by atoms with Crippen LogP contribution in [0.4, 0.5) is 5.69 Å². The fourth-order valence-corrected chi connectivity index (χ4v) is 4.11. The number of rotatable bonds is 4. The van der Waals surface area contributed by atoms with E-state index in [2.05, 4.69) is 74.5 Å². The van der Waals surface area contributed by atoms with Crippen LogP contribution in [0, 0.1) is 0 Å². The predicted octanol–water partition coefficient (Wildman–Crippen LogP) is 5.85. The highest BCUT2D eigenvalue weighted by Crippen LogP contribution is 2.32. The molecular weight excluding hydrogens is 338 g/mol. The van der Waals surface area contributed by atoms with E-state index in [-0.39, 0.29) is 0 Å². The van der Waals surface area contributed by atoms with Gasteiger partial charge in [0.2, 0.25) is 0 Å². The first kappa shape index (κ1) is 12.9. The summed E-state index contributed by atoms with van der Waals surface area (Å²) in [5.74, 6) is 0. The molecule has 2 aromatic heterocycles. The lowest BCUT2D eigenvalue weighted by molar-refractivity contribution is 1.18. The Morgan fingerprint density at radius 1 is 0.947 bits per heavy atom. The van der Waals surface area contributed by atoms with Gasteiger partial charge in [-0.2, -0.15) is 0 Å². The van der Waals surface area contributed by atoms with Crippen molar-refractivity contribution >= 4 is 44.3 Å².